The monoisotopic (exact) mass is 487 g/mol. The van der Waals surface area contributed by atoms with E-state index in [1.807, 2.05) is 36.5 Å². The largest absolute Gasteiger partial charge is 0.465 e. The first kappa shape index (κ1) is 23.3. The van der Waals surface area contributed by atoms with E-state index in [4.69, 9.17) is 19.9 Å². The highest BCUT2D eigenvalue weighted by molar-refractivity contribution is 7.98. The predicted molar refractivity (Wildman–Crippen MR) is 128 cm³/mol. The third kappa shape index (κ3) is 4.92. The van der Waals surface area contributed by atoms with Gasteiger partial charge in [-0.25, -0.2) is 14.6 Å². The van der Waals surface area contributed by atoms with Crippen molar-refractivity contribution in [1.82, 2.24) is 9.55 Å². The molecule has 1 aliphatic heterocycles. The van der Waals surface area contributed by atoms with Crippen LogP contribution in [0.15, 0.2) is 41.7 Å². The molecule has 0 radical (unpaired) electrons. The molecule has 2 aromatic heterocycles. The lowest BCUT2D eigenvalue weighted by Crippen LogP contribution is -2.16. The number of rotatable bonds is 8. The second kappa shape index (κ2) is 10.4. The number of thioether (sulfide) groups is 1. The number of aromatic nitrogens is 2. The van der Waals surface area contributed by atoms with Crippen molar-refractivity contribution < 1.29 is 23.8 Å². The molecule has 0 amide bonds. The van der Waals surface area contributed by atoms with Crippen molar-refractivity contribution in [3.63, 3.8) is 0 Å². The van der Waals surface area contributed by atoms with Crippen LogP contribution in [0.4, 0.5) is 5.00 Å². The summed E-state index contributed by atoms with van der Waals surface area (Å²) in [6.45, 7) is 1.44. The molecule has 1 atom stereocenters. The molecule has 0 aliphatic carbocycles. The van der Waals surface area contributed by atoms with Gasteiger partial charge in [0, 0.05) is 17.9 Å². The van der Waals surface area contributed by atoms with Crippen molar-refractivity contribution >= 4 is 40.0 Å². The topological polar surface area (TPSA) is 106 Å². The maximum Gasteiger partial charge on any atom is 0.348 e. The van der Waals surface area contributed by atoms with Crippen LogP contribution in [0.2, 0.25) is 0 Å². The van der Waals surface area contributed by atoms with E-state index in [-0.39, 0.29) is 16.7 Å². The van der Waals surface area contributed by atoms with E-state index in [0.717, 1.165) is 47.2 Å². The van der Waals surface area contributed by atoms with Gasteiger partial charge in [0.15, 0.2) is 5.16 Å². The van der Waals surface area contributed by atoms with Crippen LogP contribution in [-0.2, 0) is 26.5 Å². The minimum absolute atomic E-state index is 0.120. The molecule has 1 saturated heterocycles. The maximum absolute atomic E-state index is 12.4. The molecule has 33 heavy (non-hydrogen) atoms. The number of carbonyl (C=O) groups excluding carboxylic acids is 2. The number of imidazole rings is 1. The third-order valence-electron chi connectivity index (χ3n) is 5.44. The SMILES string of the molecule is COC(=O)c1sc(N)c(C(=O)OC)c1CSc1ncc(-c2ccccc2)n1CC1CCCO1. The summed E-state index contributed by atoms with van der Waals surface area (Å²) in [5.41, 5.74) is 8.80. The van der Waals surface area contributed by atoms with Gasteiger partial charge in [0.05, 0.1) is 44.3 Å². The lowest BCUT2D eigenvalue weighted by molar-refractivity contribution is 0.0601. The lowest BCUT2D eigenvalue weighted by Gasteiger charge is -2.16. The smallest absolute Gasteiger partial charge is 0.348 e. The highest BCUT2D eigenvalue weighted by Crippen LogP contribution is 2.37. The molecule has 0 spiro atoms. The fourth-order valence-corrected chi connectivity index (χ4v) is 5.93. The first-order chi connectivity index (χ1) is 16.0. The third-order valence-corrected chi connectivity index (χ3v) is 7.50. The summed E-state index contributed by atoms with van der Waals surface area (Å²) in [4.78, 5) is 29.7. The molecule has 4 rings (SSSR count). The quantitative estimate of drug-likeness (QED) is 0.372. The second-order valence-electron chi connectivity index (χ2n) is 7.46. The molecule has 1 fully saturated rings. The van der Waals surface area contributed by atoms with Crippen LogP contribution >= 0.6 is 23.1 Å². The number of methoxy groups -OCH3 is 2. The molecular weight excluding hydrogens is 462 g/mol. The molecule has 174 valence electrons. The molecule has 10 heteroatoms. The number of benzene rings is 1. The molecule has 2 N–H and O–H groups in total. The number of hydrogen-bond acceptors (Lipinski definition) is 9. The normalized spacial score (nSPS) is 15.5. The van der Waals surface area contributed by atoms with E-state index in [1.165, 1.54) is 26.0 Å². The number of nitrogen functional groups attached to an aromatic ring is 1. The van der Waals surface area contributed by atoms with E-state index in [2.05, 4.69) is 9.55 Å². The van der Waals surface area contributed by atoms with E-state index < -0.39 is 11.9 Å². The Morgan fingerprint density at radius 2 is 2.00 bits per heavy atom. The summed E-state index contributed by atoms with van der Waals surface area (Å²) in [7, 11) is 2.59. The summed E-state index contributed by atoms with van der Waals surface area (Å²) < 4.78 is 17.8. The van der Waals surface area contributed by atoms with Gasteiger partial charge in [-0.1, -0.05) is 42.1 Å². The Labute approximate surface area is 200 Å². The average molecular weight is 488 g/mol. The van der Waals surface area contributed by atoms with Gasteiger partial charge in [-0.3, -0.25) is 0 Å². The highest BCUT2D eigenvalue weighted by atomic mass is 32.2. The number of nitrogens with zero attached hydrogens (tertiary/aromatic N) is 2. The van der Waals surface area contributed by atoms with Crippen LogP contribution in [0.25, 0.3) is 11.3 Å². The number of thiophene rings is 1. The molecule has 1 aromatic carbocycles. The predicted octanol–water partition coefficient (Wildman–Crippen LogP) is 4.24. The van der Waals surface area contributed by atoms with Crippen LogP contribution in [-0.4, -0.2) is 48.4 Å². The number of nitrogens with two attached hydrogens (primary N) is 1. The van der Waals surface area contributed by atoms with Crippen LogP contribution in [0.3, 0.4) is 0 Å². The zero-order valence-electron chi connectivity index (χ0n) is 18.4. The Kier molecular flexibility index (Phi) is 7.36. The van der Waals surface area contributed by atoms with E-state index in [9.17, 15) is 9.59 Å². The summed E-state index contributed by atoms with van der Waals surface area (Å²) >= 11 is 2.46. The zero-order valence-corrected chi connectivity index (χ0v) is 20.0. The molecule has 3 aromatic rings. The Morgan fingerprint density at radius 1 is 1.24 bits per heavy atom. The van der Waals surface area contributed by atoms with E-state index >= 15 is 0 Å². The first-order valence-electron chi connectivity index (χ1n) is 10.5. The van der Waals surface area contributed by atoms with E-state index in [0.29, 0.717) is 22.7 Å². The van der Waals surface area contributed by atoms with Crippen molar-refractivity contribution in [1.29, 1.82) is 0 Å². The molecule has 8 nitrogen and oxygen atoms in total. The van der Waals surface area contributed by atoms with Gasteiger partial charge in [-0.2, -0.15) is 0 Å². The van der Waals surface area contributed by atoms with Crippen LogP contribution < -0.4 is 5.73 Å². The molecular formula is C23H25N3O5S2. The van der Waals surface area contributed by atoms with Gasteiger partial charge < -0.3 is 24.5 Å². The van der Waals surface area contributed by atoms with Crippen molar-refractivity contribution in [3.05, 3.63) is 52.5 Å². The Morgan fingerprint density at radius 3 is 2.67 bits per heavy atom. The number of carbonyl (C=O) groups is 2. The Balaban J connectivity index is 1.68. The number of hydrogen-bond donors (Lipinski definition) is 1. The summed E-state index contributed by atoms with van der Waals surface area (Å²) in [5.74, 6) is -0.813. The summed E-state index contributed by atoms with van der Waals surface area (Å²) in [6.07, 6.45) is 4.00. The van der Waals surface area contributed by atoms with Gasteiger partial charge >= 0.3 is 11.9 Å². The minimum atomic E-state index is -0.581. The van der Waals surface area contributed by atoms with Crippen LogP contribution in [0, 0.1) is 0 Å². The zero-order chi connectivity index (χ0) is 23.4. The first-order valence-corrected chi connectivity index (χ1v) is 12.3. The van der Waals surface area contributed by atoms with Gasteiger partial charge in [-0.15, -0.1) is 11.3 Å². The van der Waals surface area contributed by atoms with Gasteiger partial charge in [0.1, 0.15) is 9.88 Å². The van der Waals surface area contributed by atoms with Crippen molar-refractivity contribution in [2.45, 2.75) is 36.4 Å². The second-order valence-corrected chi connectivity index (χ2v) is 9.45. The van der Waals surface area contributed by atoms with Crippen molar-refractivity contribution in [3.8, 4) is 11.3 Å². The number of ether oxygens (including phenoxy) is 3. The fourth-order valence-electron chi connectivity index (χ4n) is 3.82. The Bertz CT molecular complexity index is 1140. The molecule has 0 saturated carbocycles. The van der Waals surface area contributed by atoms with Gasteiger partial charge in [0.25, 0.3) is 0 Å². The summed E-state index contributed by atoms with van der Waals surface area (Å²) in [6, 6.07) is 10.0. The van der Waals surface area contributed by atoms with Crippen LogP contribution in [0.1, 0.15) is 38.4 Å². The van der Waals surface area contributed by atoms with E-state index in [1.54, 1.807) is 0 Å². The summed E-state index contributed by atoms with van der Waals surface area (Å²) in [5, 5.41) is 0.992. The standard InChI is InChI=1S/C23H25N3O5S2/c1-29-21(27)18-16(19(22(28)30-2)33-20(18)24)13-32-23-25-11-17(14-7-4-3-5-8-14)26(23)12-15-9-6-10-31-15/h3-5,7-8,11,15H,6,9-10,12-13,24H2,1-2H3. The molecule has 1 unspecified atom stereocenters. The molecule has 3 heterocycles. The number of esters is 2. The Hall–Kier alpha value is -2.82. The fraction of sp³-hybridized carbons (Fsp3) is 0.348. The minimum Gasteiger partial charge on any atom is -0.465 e. The average Bonchev–Trinajstić information content (AvgIpc) is 3.57. The molecule has 1 aliphatic rings. The highest BCUT2D eigenvalue weighted by Gasteiger charge is 2.28. The van der Waals surface area contributed by atoms with Gasteiger partial charge in [-0.05, 0) is 18.4 Å². The van der Waals surface area contributed by atoms with Gasteiger partial charge in [0.2, 0.25) is 0 Å². The van der Waals surface area contributed by atoms with Crippen LogP contribution in [0.5, 0.6) is 0 Å². The maximum atomic E-state index is 12.4. The molecule has 0 bridgehead atoms. The van der Waals surface area contributed by atoms with Crippen molar-refractivity contribution in [2.75, 3.05) is 26.6 Å². The van der Waals surface area contributed by atoms with Crippen molar-refractivity contribution in [2.24, 2.45) is 0 Å². The lowest BCUT2D eigenvalue weighted by atomic mass is 10.1. The number of anilines is 1.